The van der Waals surface area contributed by atoms with E-state index in [9.17, 15) is 4.79 Å². The Bertz CT molecular complexity index is 457. The third kappa shape index (κ3) is 5.78. The van der Waals surface area contributed by atoms with Gasteiger partial charge in [0.2, 0.25) is 0 Å². The molecule has 22 heavy (non-hydrogen) atoms. The van der Waals surface area contributed by atoms with Crippen LogP contribution in [0.4, 0.5) is 0 Å². The normalized spacial score (nSPS) is 12.2. The Morgan fingerprint density at radius 3 is 2.23 bits per heavy atom. The van der Waals surface area contributed by atoms with Gasteiger partial charge in [-0.2, -0.15) is 0 Å². The second-order valence-corrected chi connectivity index (χ2v) is 5.34. The smallest absolute Gasteiger partial charge is 0.310 e. The van der Waals surface area contributed by atoms with Crippen LogP contribution < -0.4 is 0 Å². The maximum atomic E-state index is 12.0. The molecule has 0 aliphatic carbocycles. The Kier molecular flexibility index (Phi) is 8.13. The SMILES string of the molecule is CCc1cc(C)cc(CC)c1CC(=O)OCCOC(C)OC. The second-order valence-electron chi connectivity index (χ2n) is 5.34. The molecule has 0 aromatic heterocycles. The number of carbonyl (C=O) groups excluding carboxylic acids is 1. The Morgan fingerprint density at radius 1 is 1.14 bits per heavy atom. The highest BCUT2D eigenvalue weighted by Gasteiger charge is 2.13. The maximum Gasteiger partial charge on any atom is 0.310 e. The molecular weight excluding hydrogens is 280 g/mol. The highest BCUT2D eigenvalue weighted by atomic mass is 16.7. The van der Waals surface area contributed by atoms with Gasteiger partial charge in [0.15, 0.2) is 6.29 Å². The Balaban J connectivity index is 2.60. The standard InChI is InChI=1S/C18H28O4/c1-6-15-10-13(3)11-16(7-2)17(15)12-18(19)22-9-8-21-14(4)20-5/h10-11,14H,6-9,12H2,1-5H3. The zero-order chi connectivity index (χ0) is 16.5. The van der Waals surface area contributed by atoms with Crippen molar-refractivity contribution in [3.05, 3.63) is 34.4 Å². The van der Waals surface area contributed by atoms with Gasteiger partial charge in [-0.3, -0.25) is 4.79 Å². The predicted octanol–water partition coefficient (Wildman–Crippen LogP) is 3.21. The summed E-state index contributed by atoms with van der Waals surface area (Å²) >= 11 is 0. The molecule has 1 aromatic rings. The molecule has 0 heterocycles. The number of hydrogen-bond acceptors (Lipinski definition) is 4. The second kappa shape index (κ2) is 9.59. The first kappa shape index (κ1) is 18.7. The summed E-state index contributed by atoms with van der Waals surface area (Å²) in [6.07, 6.45) is 1.89. The molecule has 4 heteroatoms. The lowest BCUT2D eigenvalue weighted by atomic mass is 9.93. The molecule has 1 rings (SSSR count). The van der Waals surface area contributed by atoms with E-state index < -0.39 is 0 Å². The fourth-order valence-corrected chi connectivity index (χ4v) is 2.46. The van der Waals surface area contributed by atoms with Crippen LogP contribution in [0, 0.1) is 6.92 Å². The zero-order valence-electron chi connectivity index (χ0n) is 14.4. The van der Waals surface area contributed by atoms with Crippen LogP contribution in [0.3, 0.4) is 0 Å². The quantitative estimate of drug-likeness (QED) is 0.399. The van der Waals surface area contributed by atoms with Crippen molar-refractivity contribution < 1.29 is 19.0 Å². The maximum absolute atomic E-state index is 12.0. The van der Waals surface area contributed by atoms with Gasteiger partial charge in [0.25, 0.3) is 0 Å². The highest BCUT2D eigenvalue weighted by molar-refractivity contribution is 5.73. The van der Waals surface area contributed by atoms with Crippen molar-refractivity contribution in [3.8, 4) is 0 Å². The fourth-order valence-electron chi connectivity index (χ4n) is 2.46. The van der Waals surface area contributed by atoms with Gasteiger partial charge in [-0.1, -0.05) is 31.5 Å². The average Bonchev–Trinajstić information content (AvgIpc) is 2.52. The molecule has 0 saturated carbocycles. The molecule has 1 unspecified atom stereocenters. The third-order valence-electron chi connectivity index (χ3n) is 3.69. The van der Waals surface area contributed by atoms with Crippen molar-refractivity contribution in [3.63, 3.8) is 0 Å². The Morgan fingerprint density at radius 2 is 1.73 bits per heavy atom. The number of benzene rings is 1. The first-order valence-corrected chi connectivity index (χ1v) is 7.93. The average molecular weight is 308 g/mol. The van der Waals surface area contributed by atoms with E-state index in [2.05, 4.69) is 32.9 Å². The monoisotopic (exact) mass is 308 g/mol. The fraction of sp³-hybridized carbons (Fsp3) is 0.611. The molecule has 0 aliphatic rings. The molecule has 0 radical (unpaired) electrons. The summed E-state index contributed by atoms with van der Waals surface area (Å²) in [5.41, 5.74) is 4.83. The number of hydrogen-bond donors (Lipinski definition) is 0. The molecule has 0 spiro atoms. The van der Waals surface area contributed by atoms with Crippen molar-refractivity contribution >= 4 is 5.97 Å². The van der Waals surface area contributed by atoms with Crippen LogP contribution >= 0.6 is 0 Å². The van der Waals surface area contributed by atoms with E-state index in [0.717, 1.165) is 18.4 Å². The molecule has 0 N–H and O–H groups in total. The summed E-state index contributed by atoms with van der Waals surface area (Å²) in [5.74, 6) is -0.207. The van der Waals surface area contributed by atoms with Crippen molar-refractivity contribution in [2.75, 3.05) is 20.3 Å². The number of esters is 1. The van der Waals surface area contributed by atoms with Crippen molar-refractivity contribution in [2.45, 2.75) is 53.2 Å². The van der Waals surface area contributed by atoms with E-state index in [4.69, 9.17) is 14.2 Å². The largest absolute Gasteiger partial charge is 0.463 e. The minimum atomic E-state index is -0.283. The number of carbonyl (C=O) groups is 1. The number of methoxy groups -OCH3 is 1. The van der Waals surface area contributed by atoms with E-state index >= 15 is 0 Å². The summed E-state index contributed by atoms with van der Waals surface area (Å²) in [5, 5.41) is 0. The minimum absolute atomic E-state index is 0.207. The van der Waals surface area contributed by atoms with E-state index in [1.165, 1.54) is 16.7 Å². The van der Waals surface area contributed by atoms with Crippen molar-refractivity contribution in [1.82, 2.24) is 0 Å². The van der Waals surface area contributed by atoms with Crippen LogP contribution in [-0.2, 0) is 38.3 Å². The molecule has 1 atom stereocenters. The van der Waals surface area contributed by atoms with Gasteiger partial charge in [0.05, 0.1) is 13.0 Å². The summed E-state index contributed by atoms with van der Waals surface area (Å²) in [7, 11) is 1.58. The third-order valence-corrected chi connectivity index (χ3v) is 3.69. The van der Waals surface area contributed by atoms with Crippen molar-refractivity contribution in [1.29, 1.82) is 0 Å². The van der Waals surface area contributed by atoms with Gasteiger partial charge in [0, 0.05) is 7.11 Å². The highest BCUT2D eigenvalue weighted by Crippen LogP contribution is 2.20. The van der Waals surface area contributed by atoms with Crippen LogP contribution in [0.15, 0.2) is 12.1 Å². The Hall–Kier alpha value is -1.39. The van der Waals surface area contributed by atoms with E-state index in [0.29, 0.717) is 13.0 Å². The van der Waals surface area contributed by atoms with Crippen molar-refractivity contribution in [2.24, 2.45) is 0 Å². The van der Waals surface area contributed by atoms with Gasteiger partial charge >= 0.3 is 5.97 Å². The summed E-state index contributed by atoms with van der Waals surface area (Å²) in [6, 6.07) is 4.32. The number of ether oxygens (including phenoxy) is 3. The van der Waals surface area contributed by atoms with Gasteiger partial charge in [-0.25, -0.2) is 0 Å². The zero-order valence-corrected chi connectivity index (χ0v) is 14.4. The molecule has 0 saturated heterocycles. The number of rotatable bonds is 9. The van der Waals surface area contributed by atoms with Gasteiger partial charge in [-0.15, -0.1) is 0 Å². The first-order chi connectivity index (χ1) is 10.5. The van der Waals surface area contributed by atoms with E-state index in [-0.39, 0.29) is 18.9 Å². The summed E-state index contributed by atoms with van der Waals surface area (Å²) < 4.78 is 15.5. The molecule has 0 amide bonds. The summed E-state index contributed by atoms with van der Waals surface area (Å²) in [4.78, 5) is 12.0. The lowest BCUT2D eigenvalue weighted by Gasteiger charge is -2.15. The van der Waals surface area contributed by atoms with Crippen LogP contribution in [0.25, 0.3) is 0 Å². The van der Waals surface area contributed by atoms with Gasteiger partial charge < -0.3 is 14.2 Å². The van der Waals surface area contributed by atoms with Crippen LogP contribution in [0.2, 0.25) is 0 Å². The lowest BCUT2D eigenvalue weighted by Crippen LogP contribution is -2.18. The van der Waals surface area contributed by atoms with E-state index in [1.54, 1.807) is 14.0 Å². The van der Waals surface area contributed by atoms with E-state index in [1.807, 2.05) is 0 Å². The molecular formula is C18H28O4. The molecule has 4 nitrogen and oxygen atoms in total. The first-order valence-electron chi connectivity index (χ1n) is 7.93. The molecule has 0 aliphatic heterocycles. The van der Waals surface area contributed by atoms with Crippen LogP contribution in [0.1, 0.15) is 43.0 Å². The van der Waals surface area contributed by atoms with Crippen LogP contribution in [-0.4, -0.2) is 32.6 Å². The molecule has 0 fully saturated rings. The molecule has 1 aromatic carbocycles. The van der Waals surface area contributed by atoms with Crippen LogP contribution in [0.5, 0.6) is 0 Å². The van der Waals surface area contributed by atoms with Gasteiger partial charge in [0.1, 0.15) is 6.61 Å². The summed E-state index contributed by atoms with van der Waals surface area (Å²) in [6.45, 7) is 8.72. The van der Waals surface area contributed by atoms with Gasteiger partial charge in [-0.05, 0) is 43.4 Å². The topological polar surface area (TPSA) is 44.8 Å². The lowest BCUT2D eigenvalue weighted by molar-refractivity contribution is -0.151. The Labute approximate surface area is 133 Å². The predicted molar refractivity (Wildman–Crippen MR) is 87.0 cm³/mol. The minimum Gasteiger partial charge on any atom is -0.463 e. The molecule has 0 bridgehead atoms. The molecule has 124 valence electrons. The number of aryl methyl sites for hydroxylation is 3.